The van der Waals surface area contributed by atoms with Gasteiger partial charge >= 0.3 is 7.82 Å². The molecule has 0 spiro atoms. The molecule has 3 aromatic rings. The molecule has 2 aliphatic rings. The molecule has 20 nitrogen and oxygen atoms in total. The zero-order valence-electron chi connectivity index (χ0n) is 22.5. The number of anilines is 1. The number of amides is 1. The number of aliphatic hydroxyl groups is 4. The largest absolute Gasteiger partial charge is 0.756 e. The highest BCUT2D eigenvalue weighted by Crippen LogP contribution is 2.58. The first-order valence-electron chi connectivity index (χ1n) is 12.9. The summed E-state index contributed by atoms with van der Waals surface area (Å²) in [6.45, 7) is -1.64. The van der Waals surface area contributed by atoms with Gasteiger partial charge in [-0.3, -0.25) is 18.5 Å². The number of rotatable bonds is 11. The molecule has 44 heavy (non-hydrogen) atoms. The number of fused-ring (bicyclic) bond motifs is 1. The summed E-state index contributed by atoms with van der Waals surface area (Å²) in [5.41, 5.74) is 11.5. The molecule has 0 bridgehead atoms. The van der Waals surface area contributed by atoms with Crippen LogP contribution in [-0.2, 0) is 27.2 Å². The monoisotopic (exact) mass is 661 g/mol. The smallest absolute Gasteiger partial charge is 0.478 e. The van der Waals surface area contributed by atoms with Crippen molar-refractivity contribution in [1.29, 1.82) is 0 Å². The van der Waals surface area contributed by atoms with Gasteiger partial charge in [-0.25, -0.2) is 23.8 Å². The fourth-order valence-electron chi connectivity index (χ4n) is 5.09. The van der Waals surface area contributed by atoms with Gasteiger partial charge in [0.2, 0.25) is 0 Å². The average molecular weight is 661 g/mol. The quantitative estimate of drug-likeness (QED) is 0.0796. The predicted molar refractivity (Wildman–Crippen MR) is 140 cm³/mol. The molecule has 9 N–H and O–H groups in total. The van der Waals surface area contributed by atoms with Gasteiger partial charge in [0.25, 0.3) is 13.7 Å². The third-order valence-corrected chi connectivity index (χ3v) is 9.88. The molecular formula is C22H29N7O13P2. The summed E-state index contributed by atoms with van der Waals surface area (Å²) < 4.78 is 46.6. The van der Waals surface area contributed by atoms with E-state index in [2.05, 4.69) is 19.3 Å². The number of carbonyl (C=O) groups is 1. The maximum atomic E-state index is 12.4. The Bertz CT molecular complexity index is 1630. The third kappa shape index (κ3) is 6.66. The normalized spacial score (nSPS) is 31.6. The van der Waals surface area contributed by atoms with Crippen molar-refractivity contribution in [1.82, 2.24) is 19.5 Å². The number of nitrogen functional groups attached to an aromatic ring is 1. The molecule has 2 unspecified atom stereocenters. The van der Waals surface area contributed by atoms with Crippen LogP contribution in [0, 0.1) is 5.92 Å². The number of carbonyl (C=O) groups excluding carboxylic acids is 1. The van der Waals surface area contributed by atoms with Crippen LogP contribution in [0.2, 0.25) is 0 Å². The lowest BCUT2D eigenvalue weighted by Crippen LogP contribution is -2.45. The topological polar surface area (TPSA) is 312 Å². The minimum absolute atomic E-state index is 0.00622. The Morgan fingerprint density at radius 3 is 2.59 bits per heavy atom. The molecule has 1 aliphatic carbocycles. The maximum absolute atomic E-state index is 12.4. The number of ether oxygens (including phenoxy) is 1. The summed E-state index contributed by atoms with van der Waals surface area (Å²) in [4.78, 5) is 45.7. The molecule has 10 atom stereocenters. The van der Waals surface area contributed by atoms with Gasteiger partial charge < -0.3 is 50.9 Å². The Hall–Kier alpha value is -2.97. The number of aromatic nitrogens is 5. The van der Waals surface area contributed by atoms with Gasteiger partial charge in [0, 0.05) is 18.4 Å². The molecule has 2 fully saturated rings. The van der Waals surface area contributed by atoms with Crippen LogP contribution < -0.4 is 20.9 Å². The number of phosphoric ester groups is 2. The number of imidazole rings is 1. The SMILES string of the molecule is NC(=O)c1ccc[n+]([C@H]2C[C@H](COP(=O)([O-])OP(=O)(O)OC[C@@H]3O[C@@H](n4cnc5c(N)ncnc54)[C@H](O)[C@H]3O)[C@@H](O)[C@@H]2O)c1. The van der Waals surface area contributed by atoms with Gasteiger partial charge in [-0.1, -0.05) is 0 Å². The molecule has 0 aromatic carbocycles. The second-order valence-electron chi connectivity index (χ2n) is 10.2. The highest BCUT2D eigenvalue weighted by Gasteiger charge is 2.48. The summed E-state index contributed by atoms with van der Waals surface area (Å²) in [6, 6.07) is 2.17. The van der Waals surface area contributed by atoms with E-state index in [1.165, 1.54) is 40.0 Å². The van der Waals surface area contributed by atoms with E-state index in [1.807, 2.05) is 0 Å². The third-order valence-electron chi connectivity index (χ3n) is 7.31. The first kappa shape index (κ1) is 32.4. The van der Waals surface area contributed by atoms with Crippen molar-refractivity contribution in [3.8, 4) is 0 Å². The number of pyridine rings is 1. The number of phosphoric acid groups is 2. The lowest BCUT2D eigenvalue weighted by atomic mass is 10.1. The summed E-state index contributed by atoms with van der Waals surface area (Å²) in [5, 5.41) is 41.8. The maximum Gasteiger partial charge on any atom is 0.478 e. The van der Waals surface area contributed by atoms with Crippen molar-refractivity contribution in [3.63, 3.8) is 0 Å². The Kier molecular flexibility index (Phi) is 9.16. The number of aliphatic hydroxyl groups excluding tert-OH is 4. The zero-order chi connectivity index (χ0) is 32.0. The van der Waals surface area contributed by atoms with E-state index in [1.54, 1.807) is 0 Å². The first-order chi connectivity index (χ1) is 20.7. The lowest BCUT2D eigenvalue weighted by molar-refractivity contribution is -0.728. The second kappa shape index (κ2) is 12.4. The predicted octanol–water partition coefficient (Wildman–Crippen LogP) is -2.98. The molecule has 5 rings (SSSR count). The summed E-state index contributed by atoms with van der Waals surface area (Å²) in [5.74, 6) is -1.63. The van der Waals surface area contributed by atoms with Crippen molar-refractivity contribution >= 4 is 38.5 Å². The van der Waals surface area contributed by atoms with E-state index in [4.69, 9.17) is 25.3 Å². The molecule has 3 aromatic heterocycles. The fraction of sp³-hybridized carbons (Fsp3) is 0.500. The highest BCUT2D eigenvalue weighted by atomic mass is 31.3. The van der Waals surface area contributed by atoms with E-state index in [9.17, 15) is 44.1 Å². The summed E-state index contributed by atoms with van der Waals surface area (Å²) >= 11 is 0. The van der Waals surface area contributed by atoms with E-state index < -0.39 is 83.5 Å². The van der Waals surface area contributed by atoms with Gasteiger partial charge in [-0.05, 0) is 6.07 Å². The second-order valence-corrected chi connectivity index (χ2v) is 13.2. The Balaban J connectivity index is 1.16. The molecule has 0 radical (unpaired) electrons. The molecule has 4 heterocycles. The van der Waals surface area contributed by atoms with Gasteiger partial charge in [0.05, 0.1) is 25.6 Å². The van der Waals surface area contributed by atoms with Crippen LogP contribution in [0.4, 0.5) is 5.82 Å². The lowest BCUT2D eigenvalue weighted by Gasteiger charge is -2.27. The van der Waals surface area contributed by atoms with Crippen LogP contribution in [0.3, 0.4) is 0 Å². The molecule has 1 saturated carbocycles. The molecule has 22 heteroatoms. The van der Waals surface area contributed by atoms with Gasteiger partial charge in [-0.2, -0.15) is 4.57 Å². The molecule has 240 valence electrons. The van der Waals surface area contributed by atoms with Crippen molar-refractivity contribution in [2.45, 2.75) is 49.2 Å². The highest BCUT2D eigenvalue weighted by molar-refractivity contribution is 7.60. The number of nitrogens with two attached hydrogens (primary N) is 2. The number of hydrogen-bond donors (Lipinski definition) is 7. The molecule has 1 saturated heterocycles. The standard InChI is InChI=1S/C22H29N7O13P2/c23-19-14-21(26-8-25-19)29(9-27-14)22-18(33)17(32)13(41-22)7-40-44(37,38)42-43(35,36)39-6-11-4-12(16(31)15(11)30)28-3-1-2-10(5-28)20(24)34/h1-3,5,8-9,11-13,15-18,22,30-33H,4,6-7H2,(H5-,23,24,25,26,34,35,36,37,38)/t11-,12+,13+,15-,16-,17+,18-,22-/m1/s1. The first-order valence-corrected chi connectivity index (χ1v) is 15.9. The van der Waals surface area contributed by atoms with Crippen LogP contribution in [0.5, 0.6) is 0 Å². The van der Waals surface area contributed by atoms with Gasteiger partial charge in [0.15, 0.2) is 36.1 Å². The Labute approximate surface area is 247 Å². The minimum Gasteiger partial charge on any atom is -0.756 e. The van der Waals surface area contributed by atoms with Crippen LogP contribution in [-0.4, -0.2) is 94.5 Å². The molecule has 1 aliphatic heterocycles. The minimum atomic E-state index is -5.54. The number of nitrogens with zero attached hydrogens (tertiary/aromatic N) is 5. The van der Waals surface area contributed by atoms with Crippen molar-refractivity contribution in [2.75, 3.05) is 18.9 Å². The van der Waals surface area contributed by atoms with E-state index in [0.29, 0.717) is 0 Å². The number of hydrogen-bond acceptors (Lipinski definition) is 16. The van der Waals surface area contributed by atoms with Crippen LogP contribution in [0.1, 0.15) is 29.0 Å². The van der Waals surface area contributed by atoms with E-state index in [0.717, 1.165) is 6.33 Å². The summed E-state index contributed by atoms with van der Waals surface area (Å²) in [6.07, 6.45) is -3.54. The van der Waals surface area contributed by atoms with Gasteiger partial charge in [0.1, 0.15) is 41.8 Å². The molecule has 1 amide bonds. The van der Waals surface area contributed by atoms with Crippen LogP contribution >= 0.6 is 15.6 Å². The fourth-order valence-corrected chi connectivity index (χ4v) is 7.18. The van der Waals surface area contributed by atoms with E-state index >= 15 is 0 Å². The zero-order valence-corrected chi connectivity index (χ0v) is 24.3. The molecular weight excluding hydrogens is 632 g/mol. The number of primary amides is 1. The average Bonchev–Trinajstić information content (AvgIpc) is 3.61. The van der Waals surface area contributed by atoms with Crippen molar-refractivity contribution in [2.24, 2.45) is 11.7 Å². The van der Waals surface area contributed by atoms with E-state index in [-0.39, 0.29) is 29.0 Å². The van der Waals surface area contributed by atoms with Gasteiger partial charge in [-0.15, -0.1) is 0 Å². The Morgan fingerprint density at radius 1 is 1.11 bits per heavy atom. The van der Waals surface area contributed by atoms with Crippen molar-refractivity contribution < 1.29 is 66.8 Å². The Morgan fingerprint density at radius 2 is 1.86 bits per heavy atom. The van der Waals surface area contributed by atoms with Crippen LogP contribution in [0.25, 0.3) is 11.2 Å². The summed E-state index contributed by atoms with van der Waals surface area (Å²) in [7, 11) is -10.9. The van der Waals surface area contributed by atoms with Crippen LogP contribution in [0.15, 0.2) is 37.2 Å². The van der Waals surface area contributed by atoms with Crippen molar-refractivity contribution in [3.05, 3.63) is 42.7 Å².